The van der Waals surface area contributed by atoms with E-state index in [1.807, 2.05) is 0 Å². The first kappa shape index (κ1) is 27.4. The Bertz CT molecular complexity index is 485. The van der Waals surface area contributed by atoms with Gasteiger partial charge in [0.2, 0.25) is 0 Å². The molecule has 0 bridgehead atoms. The minimum atomic E-state index is -1.85. The average Bonchev–Trinajstić information content (AvgIpc) is 2.27. The van der Waals surface area contributed by atoms with Gasteiger partial charge in [0, 0.05) is 0 Å². The molecule has 0 atom stereocenters. The second-order valence-electron chi connectivity index (χ2n) is 13.8. The highest BCUT2D eigenvalue weighted by molar-refractivity contribution is 7.18. The summed E-state index contributed by atoms with van der Waals surface area (Å²) in [4.78, 5) is 0. The van der Waals surface area contributed by atoms with Crippen LogP contribution in [0.1, 0.15) is 118 Å². The van der Waals surface area contributed by atoms with Gasteiger partial charge >= 0.3 is 0 Å². The standard InChI is InChI=1S/C24H51Si3/c1-18(25-26(20(3,4)5)21(6,7)8)19(2)27(22(9,10)11,23(12,13)14)24(15,16)17/h1-17H3/b19-18+. The van der Waals surface area contributed by atoms with Gasteiger partial charge in [0.25, 0.3) is 0 Å². The van der Waals surface area contributed by atoms with Crippen LogP contribution in [0.5, 0.6) is 0 Å². The van der Waals surface area contributed by atoms with E-state index in [4.69, 9.17) is 0 Å². The molecule has 0 saturated carbocycles. The topological polar surface area (TPSA) is 0 Å². The summed E-state index contributed by atoms with van der Waals surface area (Å²) in [5, 5.41) is 5.38. The summed E-state index contributed by atoms with van der Waals surface area (Å²) in [5.41, 5.74) is 0. The van der Waals surface area contributed by atoms with Crippen LogP contribution in [0.25, 0.3) is 0 Å². The van der Waals surface area contributed by atoms with E-state index >= 15 is 0 Å². The Labute approximate surface area is 178 Å². The molecule has 0 aromatic heterocycles. The molecule has 0 spiro atoms. The fourth-order valence-electron chi connectivity index (χ4n) is 7.12. The van der Waals surface area contributed by atoms with Crippen molar-refractivity contribution in [1.82, 2.24) is 0 Å². The Kier molecular flexibility index (Phi) is 8.02. The van der Waals surface area contributed by atoms with Crippen molar-refractivity contribution in [2.45, 2.75) is 143 Å². The molecule has 0 heterocycles. The van der Waals surface area contributed by atoms with Crippen LogP contribution >= 0.6 is 0 Å². The smallest absolute Gasteiger partial charge is 0.0962 e. The van der Waals surface area contributed by atoms with Crippen molar-refractivity contribution in [3.8, 4) is 0 Å². The van der Waals surface area contributed by atoms with Crippen LogP contribution in [-0.4, -0.2) is 25.4 Å². The van der Waals surface area contributed by atoms with Crippen LogP contribution in [0.2, 0.25) is 25.2 Å². The normalized spacial score (nSPS) is 16.7. The van der Waals surface area contributed by atoms with Crippen LogP contribution in [0, 0.1) is 0 Å². The van der Waals surface area contributed by atoms with Gasteiger partial charge in [-0.3, -0.25) is 0 Å². The zero-order valence-electron chi connectivity index (χ0n) is 22.0. The third kappa shape index (κ3) is 5.51. The molecule has 0 rings (SSSR count). The molecular formula is C24H51Si3. The summed E-state index contributed by atoms with van der Waals surface area (Å²) < 4.78 is 0. The molecule has 27 heavy (non-hydrogen) atoms. The number of allylic oxidation sites excluding steroid dienone is 2. The Morgan fingerprint density at radius 1 is 0.556 bits per heavy atom. The van der Waals surface area contributed by atoms with E-state index in [2.05, 4.69) is 118 Å². The van der Waals surface area contributed by atoms with E-state index in [0.29, 0.717) is 25.2 Å². The summed E-state index contributed by atoms with van der Waals surface area (Å²) in [6.45, 7) is 42.6. The van der Waals surface area contributed by atoms with Gasteiger partial charge in [-0.25, -0.2) is 0 Å². The lowest BCUT2D eigenvalue weighted by molar-refractivity contribution is 0.540. The summed E-state index contributed by atoms with van der Waals surface area (Å²) in [7, 11) is -1.36. The van der Waals surface area contributed by atoms with Gasteiger partial charge in [0.15, 0.2) is 0 Å². The van der Waals surface area contributed by atoms with Crippen molar-refractivity contribution in [2.24, 2.45) is 0 Å². The van der Waals surface area contributed by atoms with E-state index < -0.39 is 16.4 Å². The molecule has 159 valence electrons. The minimum Gasteiger partial charge on any atom is -0.0962 e. The van der Waals surface area contributed by atoms with Gasteiger partial charge in [-0.15, -0.1) is 0 Å². The molecule has 3 radical (unpaired) electrons. The Hall–Kier alpha value is 0.391. The van der Waals surface area contributed by atoms with E-state index in [1.165, 1.54) is 0 Å². The van der Waals surface area contributed by atoms with Crippen molar-refractivity contribution < 1.29 is 0 Å². The summed E-state index contributed by atoms with van der Waals surface area (Å²) in [6.07, 6.45) is 0. The van der Waals surface area contributed by atoms with Crippen molar-refractivity contribution in [3.05, 3.63) is 10.4 Å². The monoisotopic (exact) mass is 423 g/mol. The number of hydrogen-bond acceptors (Lipinski definition) is 0. The zero-order chi connectivity index (χ0) is 22.4. The van der Waals surface area contributed by atoms with Gasteiger partial charge in [-0.05, 0) is 39.0 Å². The first-order chi connectivity index (χ1) is 11.4. The van der Waals surface area contributed by atoms with Gasteiger partial charge in [-0.2, -0.15) is 0 Å². The molecule has 0 fully saturated rings. The van der Waals surface area contributed by atoms with E-state index in [-0.39, 0.29) is 0 Å². The van der Waals surface area contributed by atoms with Gasteiger partial charge in [0.05, 0.1) is 25.4 Å². The van der Waals surface area contributed by atoms with Crippen molar-refractivity contribution in [2.75, 3.05) is 0 Å². The minimum absolute atomic E-state index is 0.329. The summed E-state index contributed by atoms with van der Waals surface area (Å²) in [6, 6.07) is 0. The highest BCUT2D eigenvalue weighted by Gasteiger charge is 2.60. The molecule has 3 heteroatoms. The van der Waals surface area contributed by atoms with Crippen molar-refractivity contribution >= 4 is 25.4 Å². The first-order valence-electron chi connectivity index (χ1n) is 10.8. The fraction of sp³-hybridized carbons (Fsp3) is 0.917. The lowest BCUT2D eigenvalue weighted by atomic mass is 10.2. The van der Waals surface area contributed by atoms with Crippen LogP contribution in [0.3, 0.4) is 0 Å². The predicted octanol–water partition coefficient (Wildman–Crippen LogP) is 8.96. The molecule has 0 aromatic rings. The molecule has 0 N–H and O–H groups in total. The maximum absolute atomic E-state index is 2.53. The molecule has 0 aromatic carbocycles. The van der Waals surface area contributed by atoms with E-state index in [0.717, 1.165) is 9.04 Å². The lowest BCUT2D eigenvalue weighted by Crippen LogP contribution is -2.60. The Morgan fingerprint density at radius 3 is 1.00 bits per heavy atom. The fourth-order valence-corrected chi connectivity index (χ4v) is 26.4. The van der Waals surface area contributed by atoms with Crippen molar-refractivity contribution in [3.63, 3.8) is 0 Å². The van der Waals surface area contributed by atoms with Crippen LogP contribution in [0.15, 0.2) is 10.4 Å². The first-order valence-corrected chi connectivity index (χ1v) is 16.2. The van der Waals surface area contributed by atoms with Crippen LogP contribution in [-0.2, 0) is 0 Å². The second-order valence-corrected chi connectivity index (χ2v) is 27.5. The third-order valence-electron chi connectivity index (χ3n) is 6.31. The van der Waals surface area contributed by atoms with E-state index in [1.54, 1.807) is 10.4 Å². The second kappa shape index (κ2) is 7.91. The predicted molar refractivity (Wildman–Crippen MR) is 134 cm³/mol. The molecule has 0 amide bonds. The Morgan fingerprint density at radius 2 is 0.815 bits per heavy atom. The highest BCUT2D eigenvalue weighted by atomic mass is 29.2. The Balaban J connectivity index is 6.79. The maximum atomic E-state index is 2.53. The van der Waals surface area contributed by atoms with Crippen LogP contribution < -0.4 is 0 Å². The molecule has 0 unspecified atom stereocenters. The maximum Gasteiger partial charge on any atom is 0.0964 e. The largest absolute Gasteiger partial charge is 0.0964 e. The zero-order valence-corrected chi connectivity index (χ0v) is 25.0. The quantitative estimate of drug-likeness (QED) is 0.397. The van der Waals surface area contributed by atoms with Gasteiger partial charge in [-0.1, -0.05) is 114 Å². The summed E-state index contributed by atoms with van der Waals surface area (Å²) in [5.74, 6) is 0. The third-order valence-corrected chi connectivity index (χ3v) is 25.2. The van der Waals surface area contributed by atoms with Gasteiger partial charge < -0.3 is 0 Å². The SMILES string of the molecule is C/C([Si][Si](C(C)(C)C)C(C)(C)C)=C(/C)[Si](C(C)(C)C)(C(C)(C)C)C(C)(C)C. The molecule has 0 nitrogen and oxygen atoms in total. The molecular weight excluding hydrogens is 373 g/mol. The van der Waals surface area contributed by atoms with Crippen molar-refractivity contribution in [1.29, 1.82) is 0 Å². The number of hydrogen-bond donors (Lipinski definition) is 0. The molecule has 0 saturated heterocycles. The number of rotatable bonds is 3. The summed E-state index contributed by atoms with van der Waals surface area (Å²) >= 11 is 0. The lowest BCUT2D eigenvalue weighted by Gasteiger charge is -2.61. The molecule has 0 aliphatic carbocycles. The van der Waals surface area contributed by atoms with E-state index in [9.17, 15) is 0 Å². The van der Waals surface area contributed by atoms with Gasteiger partial charge in [0.1, 0.15) is 0 Å². The highest BCUT2D eigenvalue weighted by Crippen LogP contribution is 2.65. The molecule has 0 aliphatic rings. The molecule has 0 aliphatic heterocycles. The van der Waals surface area contributed by atoms with Crippen LogP contribution in [0.4, 0.5) is 0 Å². The average molecular weight is 424 g/mol.